The molecule has 0 aliphatic carbocycles. The van der Waals surface area contributed by atoms with Crippen molar-refractivity contribution in [3.8, 4) is 5.75 Å². The Balaban J connectivity index is 1.84. The molecule has 2 aromatic rings. The largest absolute Gasteiger partial charge is 0.491 e. The quantitative estimate of drug-likeness (QED) is 0.769. The van der Waals surface area contributed by atoms with Gasteiger partial charge in [0, 0.05) is 45.0 Å². The van der Waals surface area contributed by atoms with E-state index >= 15 is 0 Å². The number of likely N-dealkylation sites (N-methyl/N-ethyl adjacent to an activating group) is 2. The molecule has 0 radical (unpaired) electrons. The summed E-state index contributed by atoms with van der Waals surface area (Å²) in [4.78, 5) is 29.7. The van der Waals surface area contributed by atoms with Crippen LogP contribution in [0.1, 0.15) is 29.8 Å². The highest BCUT2D eigenvalue weighted by Crippen LogP contribution is 2.26. The number of ether oxygens (including phenoxy) is 2. The van der Waals surface area contributed by atoms with Gasteiger partial charge in [-0.2, -0.15) is 0 Å². The second-order valence-electron chi connectivity index (χ2n) is 8.96. The van der Waals surface area contributed by atoms with E-state index in [-0.39, 0.29) is 36.3 Å². The number of amides is 2. The lowest BCUT2D eigenvalue weighted by molar-refractivity contribution is -0.115. The normalized spacial score (nSPS) is 22.5. The van der Waals surface area contributed by atoms with Crippen LogP contribution in [0.5, 0.6) is 5.75 Å². The van der Waals surface area contributed by atoms with Gasteiger partial charge in [-0.25, -0.2) is 0 Å². The van der Waals surface area contributed by atoms with Gasteiger partial charge in [0.25, 0.3) is 5.91 Å². The molecule has 0 bridgehead atoms. The molecule has 1 heterocycles. The summed E-state index contributed by atoms with van der Waals surface area (Å²) >= 11 is 0. The van der Waals surface area contributed by atoms with Crippen molar-refractivity contribution in [2.45, 2.75) is 32.4 Å². The van der Waals surface area contributed by atoms with E-state index in [0.717, 1.165) is 12.1 Å². The summed E-state index contributed by atoms with van der Waals surface area (Å²) in [6, 6.07) is 14.9. The first-order valence-corrected chi connectivity index (χ1v) is 11.4. The molecule has 7 nitrogen and oxygen atoms in total. The Morgan fingerprint density at radius 1 is 1.12 bits per heavy atom. The molecule has 2 amide bonds. The number of benzene rings is 2. The highest BCUT2D eigenvalue weighted by Gasteiger charge is 2.27. The molecule has 7 heteroatoms. The summed E-state index contributed by atoms with van der Waals surface area (Å²) in [6.45, 7) is 5.97. The fraction of sp³-hybridized carbons (Fsp3) is 0.462. The average Bonchev–Trinajstić information content (AvgIpc) is 2.80. The van der Waals surface area contributed by atoms with Crippen LogP contribution in [0.15, 0.2) is 48.5 Å². The molecule has 0 unspecified atom stereocenters. The van der Waals surface area contributed by atoms with Crippen molar-refractivity contribution in [1.29, 1.82) is 0 Å². The van der Waals surface area contributed by atoms with Crippen LogP contribution >= 0.6 is 0 Å². The van der Waals surface area contributed by atoms with Gasteiger partial charge in [-0.15, -0.1) is 0 Å². The first kappa shape index (κ1) is 24.7. The van der Waals surface area contributed by atoms with E-state index in [4.69, 9.17) is 9.47 Å². The van der Waals surface area contributed by atoms with Crippen molar-refractivity contribution < 1.29 is 19.1 Å². The Labute approximate surface area is 196 Å². The first-order chi connectivity index (χ1) is 15.8. The molecular formula is C26H35N3O4. The third kappa shape index (κ3) is 6.55. The van der Waals surface area contributed by atoms with E-state index in [1.807, 2.05) is 30.3 Å². The second-order valence-corrected chi connectivity index (χ2v) is 8.96. The summed E-state index contributed by atoms with van der Waals surface area (Å²) in [7, 11) is 5.54. The van der Waals surface area contributed by atoms with Crippen LogP contribution in [0, 0.1) is 5.92 Å². The van der Waals surface area contributed by atoms with Crippen molar-refractivity contribution >= 4 is 17.5 Å². The van der Waals surface area contributed by atoms with Crippen molar-refractivity contribution in [1.82, 2.24) is 9.80 Å². The van der Waals surface area contributed by atoms with Gasteiger partial charge in [-0.3, -0.25) is 14.5 Å². The fourth-order valence-electron chi connectivity index (χ4n) is 4.02. The molecule has 0 spiro atoms. The van der Waals surface area contributed by atoms with Gasteiger partial charge >= 0.3 is 0 Å². The molecule has 3 rings (SSSR count). The molecule has 1 N–H and O–H groups in total. The summed E-state index contributed by atoms with van der Waals surface area (Å²) in [5.41, 5.74) is 2.01. The summed E-state index contributed by atoms with van der Waals surface area (Å²) in [5.74, 6) is 0.455. The van der Waals surface area contributed by atoms with Crippen LogP contribution in [0.2, 0.25) is 0 Å². The van der Waals surface area contributed by atoms with Crippen LogP contribution in [-0.2, 0) is 16.0 Å². The number of nitrogens with zero attached hydrogens (tertiary/aromatic N) is 2. The predicted octanol–water partition coefficient (Wildman–Crippen LogP) is 3.30. The Hall–Kier alpha value is -2.90. The molecule has 0 saturated carbocycles. The number of rotatable bonds is 4. The predicted molar refractivity (Wildman–Crippen MR) is 130 cm³/mol. The molecule has 3 atom stereocenters. The highest BCUT2D eigenvalue weighted by molar-refractivity contribution is 5.98. The van der Waals surface area contributed by atoms with E-state index in [2.05, 4.69) is 31.1 Å². The van der Waals surface area contributed by atoms with Crippen molar-refractivity contribution in [2.24, 2.45) is 5.92 Å². The third-order valence-electron chi connectivity index (χ3n) is 6.25. The van der Waals surface area contributed by atoms with Crippen molar-refractivity contribution in [3.63, 3.8) is 0 Å². The van der Waals surface area contributed by atoms with Crippen LogP contribution in [-0.4, -0.2) is 74.7 Å². The standard InChI is InChI=1S/C26H35N3O4/c1-18-15-28(3)19(2)17-33-23-14-21(27-25(30)13-20-9-7-6-8-10-20)11-12-22(23)26(31)29(4)16-24(18)32-5/h6-12,14,18-19,24H,13,15-17H2,1-5H3,(H,27,30)/t18-,19+,24-/m1/s1. The van der Waals surface area contributed by atoms with Crippen molar-refractivity contribution in [2.75, 3.05) is 46.2 Å². The van der Waals surface area contributed by atoms with E-state index in [0.29, 0.717) is 30.2 Å². The third-order valence-corrected chi connectivity index (χ3v) is 6.25. The SMILES string of the molecule is CO[C@@H]1CN(C)C(=O)c2ccc(NC(=O)Cc3ccccc3)cc2OC[C@H](C)N(C)C[C@H]1C. The number of methoxy groups -OCH3 is 1. The summed E-state index contributed by atoms with van der Waals surface area (Å²) < 4.78 is 11.8. The molecular weight excluding hydrogens is 418 g/mol. The zero-order valence-corrected chi connectivity index (χ0v) is 20.2. The molecule has 2 aromatic carbocycles. The Kier molecular flexibility index (Phi) is 8.47. The maximum atomic E-state index is 13.2. The van der Waals surface area contributed by atoms with Gasteiger partial charge in [0.1, 0.15) is 12.4 Å². The highest BCUT2D eigenvalue weighted by atomic mass is 16.5. The number of carbonyl (C=O) groups excluding carboxylic acids is 2. The van der Waals surface area contributed by atoms with Crippen LogP contribution in [0.3, 0.4) is 0 Å². The van der Waals surface area contributed by atoms with Crippen LogP contribution in [0.25, 0.3) is 0 Å². The number of hydrogen-bond acceptors (Lipinski definition) is 5. The van der Waals surface area contributed by atoms with Crippen molar-refractivity contribution in [3.05, 3.63) is 59.7 Å². The zero-order valence-electron chi connectivity index (χ0n) is 20.2. The van der Waals surface area contributed by atoms with E-state index < -0.39 is 0 Å². The van der Waals surface area contributed by atoms with Gasteiger partial charge in [0.2, 0.25) is 5.91 Å². The second kappa shape index (κ2) is 11.3. The molecule has 0 fully saturated rings. The lowest BCUT2D eigenvalue weighted by Gasteiger charge is -2.34. The van der Waals surface area contributed by atoms with Gasteiger partial charge < -0.3 is 19.7 Å². The Morgan fingerprint density at radius 3 is 2.55 bits per heavy atom. The van der Waals surface area contributed by atoms with E-state index in [1.165, 1.54) is 0 Å². The minimum Gasteiger partial charge on any atom is -0.491 e. The van der Waals surface area contributed by atoms with Gasteiger partial charge in [-0.05, 0) is 37.6 Å². The molecule has 178 valence electrons. The van der Waals surface area contributed by atoms with Gasteiger partial charge in [0.15, 0.2) is 0 Å². The number of hydrogen-bond donors (Lipinski definition) is 1. The topological polar surface area (TPSA) is 71.1 Å². The maximum Gasteiger partial charge on any atom is 0.257 e. The summed E-state index contributed by atoms with van der Waals surface area (Å²) in [6.07, 6.45) is 0.202. The molecule has 1 aliphatic rings. The van der Waals surface area contributed by atoms with Gasteiger partial charge in [-0.1, -0.05) is 37.3 Å². The smallest absolute Gasteiger partial charge is 0.257 e. The minimum atomic E-state index is -0.136. The van der Waals surface area contributed by atoms with Crippen LogP contribution < -0.4 is 10.1 Å². The molecule has 0 saturated heterocycles. The monoisotopic (exact) mass is 453 g/mol. The zero-order chi connectivity index (χ0) is 24.0. The lowest BCUT2D eigenvalue weighted by Crippen LogP contribution is -2.45. The lowest BCUT2D eigenvalue weighted by atomic mass is 10.0. The Bertz CT molecular complexity index is 950. The average molecular weight is 454 g/mol. The van der Waals surface area contributed by atoms with Crippen LogP contribution in [0.4, 0.5) is 5.69 Å². The Morgan fingerprint density at radius 2 is 1.85 bits per heavy atom. The minimum absolute atomic E-state index is 0.0751. The maximum absolute atomic E-state index is 13.2. The number of fused-ring (bicyclic) bond motifs is 1. The molecule has 33 heavy (non-hydrogen) atoms. The van der Waals surface area contributed by atoms with E-state index in [1.54, 1.807) is 37.3 Å². The fourth-order valence-corrected chi connectivity index (χ4v) is 4.02. The first-order valence-electron chi connectivity index (χ1n) is 11.4. The number of anilines is 1. The summed E-state index contributed by atoms with van der Waals surface area (Å²) in [5, 5.41) is 2.92. The van der Waals surface area contributed by atoms with Gasteiger partial charge in [0.05, 0.1) is 18.1 Å². The number of nitrogens with one attached hydrogen (secondary N) is 1. The molecule has 1 aliphatic heterocycles. The number of carbonyl (C=O) groups is 2. The molecule has 0 aromatic heterocycles. The van der Waals surface area contributed by atoms with E-state index in [9.17, 15) is 9.59 Å².